The van der Waals surface area contributed by atoms with Crippen molar-refractivity contribution < 1.29 is 9.84 Å². The van der Waals surface area contributed by atoms with Crippen molar-refractivity contribution in [2.75, 3.05) is 7.11 Å². The fourth-order valence-corrected chi connectivity index (χ4v) is 3.76. The van der Waals surface area contributed by atoms with E-state index >= 15 is 0 Å². The van der Waals surface area contributed by atoms with E-state index in [9.17, 15) is 5.11 Å². The van der Waals surface area contributed by atoms with Gasteiger partial charge < -0.3 is 19.0 Å². The third-order valence-electron chi connectivity index (χ3n) is 5.21. The molecule has 0 bridgehead atoms. The van der Waals surface area contributed by atoms with Crippen molar-refractivity contribution in [3.63, 3.8) is 0 Å². The van der Waals surface area contributed by atoms with Gasteiger partial charge in [0.25, 0.3) is 0 Å². The second kappa shape index (κ2) is 7.23. The SMILES string of the molecule is COc1ncnc2ccn(-c3cnc4nc(C)n(Cc5cccc(CO)c5)c4c3)c12. The topological polar surface area (TPSA) is 90.9 Å². The van der Waals surface area contributed by atoms with E-state index in [4.69, 9.17) is 4.74 Å². The second-order valence-corrected chi connectivity index (χ2v) is 7.06. The Balaban J connectivity index is 1.64. The average Bonchev–Trinajstić information content (AvgIpc) is 3.34. The number of pyridine rings is 1. The van der Waals surface area contributed by atoms with Gasteiger partial charge in [0, 0.05) is 12.7 Å². The van der Waals surface area contributed by atoms with Crippen LogP contribution in [0.2, 0.25) is 0 Å². The molecule has 8 nitrogen and oxygen atoms in total. The highest BCUT2D eigenvalue weighted by atomic mass is 16.5. The third-order valence-corrected chi connectivity index (χ3v) is 5.21. The van der Waals surface area contributed by atoms with Gasteiger partial charge >= 0.3 is 0 Å². The van der Waals surface area contributed by atoms with E-state index in [1.54, 1.807) is 13.3 Å². The van der Waals surface area contributed by atoms with Crippen LogP contribution in [0.4, 0.5) is 0 Å². The summed E-state index contributed by atoms with van der Waals surface area (Å²) in [6.45, 7) is 2.63. The number of ether oxygens (including phenoxy) is 1. The number of aryl methyl sites for hydroxylation is 1. The number of aromatic nitrogens is 6. The van der Waals surface area contributed by atoms with Crippen molar-refractivity contribution in [1.29, 1.82) is 0 Å². The van der Waals surface area contributed by atoms with Gasteiger partial charge in [0.15, 0.2) is 5.65 Å². The number of rotatable bonds is 5. The molecule has 1 N–H and O–H groups in total. The van der Waals surface area contributed by atoms with Crippen molar-refractivity contribution in [3.05, 3.63) is 72.1 Å². The predicted molar refractivity (Wildman–Crippen MR) is 113 cm³/mol. The molecule has 1 aromatic carbocycles. The lowest BCUT2D eigenvalue weighted by molar-refractivity contribution is 0.281. The monoisotopic (exact) mass is 400 g/mol. The Hall–Kier alpha value is -3.78. The van der Waals surface area contributed by atoms with Crippen LogP contribution in [0.25, 0.3) is 27.9 Å². The van der Waals surface area contributed by atoms with E-state index in [1.165, 1.54) is 6.33 Å². The normalized spacial score (nSPS) is 11.4. The quantitative estimate of drug-likeness (QED) is 0.488. The Morgan fingerprint density at radius 3 is 2.77 bits per heavy atom. The summed E-state index contributed by atoms with van der Waals surface area (Å²) in [7, 11) is 1.60. The van der Waals surface area contributed by atoms with Gasteiger partial charge in [-0.1, -0.05) is 24.3 Å². The van der Waals surface area contributed by atoms with Crippen molar-refractivity contribution in [2.45, 2.75) is 20.1 Å². The summed E-state index contributed by atoms with van der Waals surface area (Å²) in [5, 5.41) is 9.43. The molecule has 0 aliphatic carbocycles. The van der Waals surface area contributed by atoms with E-state index in [0.717, 1.165) is 39.2 Å². The molecule has 0 unspecified atom stereocenters. The minimum atomic E-state index is 0.0216. The highest BCUT2D eigenvalue weighted by Crippen LogP contribution is 2.27. The zero-order chi connectivity index (χ0) is 20.7. The Morgan fingerprint density at radius 2 is 1.93 bits per heavy atom. The van der Waals surface area contributed by atoms with Gasteiger partial charge in [-0.3, -0.25) is 0 Å². The molecule has 0 fully saturated rings. The molecule has 8 heteroatoms. The summed E-state index contributed by atoms with van der Waals surface area (Å²) in [5.74, 6) is 1.39. The molecule has 0 radical (unpaired) electrons. The van der Waals surface area contributed by atoms with Crippen LogP contribution >= 0.6 is 0 Å². The second-order valence-electron chi connectivity index (χ2n) is 7.06. The molecule has 0 saturated carbocycles. The Labute approximate surface area is 172 Å². The van der Waals surface area contributed by atoms with E-state index in [-0.39, 0.29) is 6.61 Å². The first-order valence-electron chi connectivity index (χ1n) is 9.56. The molecule has 0 amide bonds. The highest BCUT2D eigenvalue weighted by molar-refractivity contribution is 5.83. The molecule has 5 rings (SSSR count). The molecule has 5 aromatic rings. The van der Waals surface area contributed by atoms with Crippen LogP contribution in [0, 0.1) is 6.92 Å². The number of aliphatic hydroxyl groups is 1. The number of nitrogens with zero attached hydrogens (tertiary/aromatic N) is 6. The first-order chi connectivity index (χ1) is 14.7. The van der Waals surface area contributed by atoms with Crippen molar-refractivity contribution in [2.24, 2.45) is 0 Å². The van der Waals surface area contributed by atoms with Gasteiger partial charge in [-0.25, -0.2) is 15.0 Å². The van der Waals surface area contributed by atoms with Crippen molar-refractivity contribution in [3.8, 4) is 11.6 Å². The van der Waals surface area contributed by atoms with Gasteiger partial charge in [0.05, 0.1) is 36.6 Å². The molecule has 150 valence electrons. The zero-order valence-electron chi connectivity index (χ0n) is 16.6. The lowest BCUT2D eigenvalue weighted by Crippen LogP contribution is -2.03. The first kappa shape index (κ1) is 18.3. The maximum atomic E-state index is 9.43. The van der Waals surface area contributed by atoms with Crippen LogP contribution in [0.5, 0.6) is 5.88 Å². The molecule has 0 atom stereocenters. The fraction of sp³-hybridized carbons (Fsp3) is 0.182. The number of fused-ring (bicyclic) bond motifs is 2. The summed E-state index contributed by atoms with van der Waals surface area (Å²) in [6.07, 6.45) is 5.21. The fourth-order valence-electron chi connectivity index (χ4n) is 3.76. The van der Waals surface area contributed by atoms with E-state index < -0.39 is 0 Å². The average molecular weight is 400 g/mol. The molecule has 0 spiro atoms. The summed E-state index contributed by atoms with van der Waals surface area (Å²) in [4.78, 5) is 17.7. The number of aliphatic hydroxyl groups excluding tert-OH is 1. The Morgan fingerprint density at radius 1 is 1.07 bits per heavy atom. The number of benzene rings is 1. The van der Waals surface area contributed by atoms with Crippen molar-refractivity contribution >= 4 is 22.2 Å². The van der Waals surface area contributed by atoms with Crippen LogP contribution < -0.4 is 4.74 Å². The zero-order valence-corrected chi connectivity index (χ0v) is 16.6. The highest BCUT2D eigenvalue weighted by Gasteiger charge is 2.15. The maximum absolute atomic E-state index is 9.43. The molecule has 0 aliphatic heterocycles. The van der Waals surface area contributed by atoms with E-state index in [1.807, 2.05) is 48.0 Å². The summed E-state index contributed by atoms with van der Waals surface area (Å²) in [5.41, 5.74) is 6.06. The number of hydrogen-bond donors (Lipinski definition) is 1. The van der Waals surface area contributed by atoms with Crippen LogP contribution in [0.3, 0.4) is 0 Å². The first-order valence-corrected chi connectivity index (χ1v) is 9.56. The number of methoxy groups -OCH3 is 1. The molecule has 0 saturated heterocycles. The lowest BCUT2D eigenvalue weighted by atomic mass is 10.1. The molecular formula is C22H20N6O2. The molecular weight excluding hydrogens is 380 g/mol. The smallest absolute Gasteiger partial charge is 0.241 e. The largest absolute Gasteiger partial charge is 0.479 e. The van der Waals surface area contributed by atoms with E-state index in [0.29, 0.717) is 18.1 Å². The third kappa shape index (κ3) is 2.98. The summed E-state index contributed by atoms with van der Waals surface area (Å²) >= 11 is 0. The van der Waals surface area contributed by atoms with Gasteiger partial charge in [0.2, 0.25) is 5.88 Å². The van der Waals surface area contributed by atoms with Crippen LogP contribution in [0.15, 0.2) is 55.1 Å². The summed E-state index contributed by atoms with van der Waals surface area (Å²) in [6, 6.07) is 11.9. The van der Waals surface area contributed by atoms with Gasteiger partial charge in [-0.15, -0.1) is 0 Å². The minimum absolute atomic E-state index is 0.0216. The number of hydrogen-bond acceptors (Lipinski definition) is 6. The van der Waals surface area contributed by atoms with Crippen molar-refractivity contribution in [1.82, 2.24) is 29.1 Å². The Bertz CT molecular complexity index is 1370. The minimum Gasteiger partial charge on any atom is -0.479 e. The molecule has 0 aliphatic rings. The van der Waals surface area contributed by atoms with Gasteiger partial charge in [0.1, 0.15) is 17.7 Å². The Kier molecular flexibility index (Phi) is 4.40. The molecule has 30 heavy (non-hydrogen) atoms. The number of imidazole rings is 1. The lowest BCUT2D eigenvalue weighted by Gasteiger charge is -2.10. The van der Waals surface area contributed by atoms with Gasteiger partial charge in [-0.05, 0) is 30.2 Å². The maximum Gasteiger partial charge on any atom is 0.241 e. The van der Waals surface area contributed by atoms with Crippen LogP contribution in [0.1, 0.15) is 17.0 Å². The molecule has 4 heterocycles. The van der Waals surface area contributed by atoms with Crippen LogP contribution in [-0.2, 0) is 13.2 Å². The van der Waals surface area contributed by atoms with E-state index in [2.05, 4.69) is 30.6 Å². The molecule has 4 aromatic heterocycles. The predicted octanol–water partition coefficient (Wildman–Crippen LogP) is 3.02. The summed E-state index contributed by atoms with van der Waals surface area (Å²) < 4.78 is 9.53. The van der Waals surface area contributed by atoms with Crippen LogP contribution in [-0.4, -0.2) is 41.3 Å². The van der Waals surface area contributed by atoms with Gasteiger partial charge in [-0.2, -0.15) is 4.98 Å². The standard InChI is InChI=1S/C22H20N6O2/c1-14-26-21-19(28(14)11-15-4-3-5-16(8-15)12-29)9-17(10-23-21)27-7-6-18-20(27)22(30-2)25-13-24-18/h3-10,13,29H,11-12H2,1-2H3.